The Labute approximate surface area is 76.8 Å². The predicted molar refractivity (Wildman–Crippen MR) is 49.8 cm³/mol. The highest BCUT2D eigenvalue weighted by Crippen LogP contribution is 2.05. The monoisotopic (exact) mass is 177 g/mol. The largest absolute Gasteiger partial charge is 0.355 e. The summed E-state index contributed by atoms with van der Waals surface area (Å²) < 4.78 is 0. The summed E-state index contributed by atoms with van der Waals surface area (Å²) in [4.78, 5) is 22.1. The van der Waals surface area contributed by atoms with Crippen LogP contribution in [-0.4, -0.2) is 18.7 Å². The third-order valence-corrected chi connectivity index (χ3v) is 1.76. The molecule has 3 heteroatoms. The topological polar surface area (TPSA) is 46.2 Å². The fourth-order valence-corrected chi connectivity index (χ4v) is 1.02. The van der Waals surface area contributed by atoms with E-state index in [0.29, 0.717) is 11.1 Å². The van der Waals surface area contributed by atoms with Crippen molar-refractivity contribution in [3.63, 3.8) is 0 Å². The Balaban J connectivity index is 3.05. The van der Waals surface area contributed by atoms with E-state index in [2.05, 4.69) is 5.32 Å². The van der Waals surface area contributed by atoms with Crippen LogP contribution in [0, 0.1) is 0 Å². The maximum atomic E-state index is 11.2. The molecular formula is C10H11NO2. The standard InChI is InChI=1S/C10H11NO2/c1-7(12)8-4-3-5-9(6-8)10(13)11-2/h3-6H,1-2H3,(H,11,13). The van der Waals surface area contributed by atoms with Gasteiger partial charge in [0.05, 0.1) is 0 Å². The molecule has 0 aromatic heterocycles. The SMILES string of the molecule is CNC(=O)c1cccc(C(C)=O)c1. The Morgan fingerprint density at radius 2 is 1.85 bits per heavy atom. The summed E-state index contributed by atoms with van der Waals surface area (Å²) >= 11 is 0. The van der Waals surface area contributed by atoms with Gasteiger partial charge in [0, 0.05) is 18.2 Å². The lowest BCUT2D eigenvalue weighted by Crippen LogP contribution is -2.17. The van der Waals surface area contributed by atoms with Crippen LogP contribution in [0.25, 0.3) is 0 Å². The van der Waals surface area contributed by atoms with Crippen molar-refractivity contribution in [3.05, 3.63) is 35.4 Å². The zero-order valence-corrected chi connectivity index (χ0v) is 7.63. The van der Waals surface area contributed by atoms with E-state index in [0.717, 1.165) is 0 Å². The van der Waals surface area contributed by atoms with Crippen molar-refractivity contribution in [2.24, 2.45) is 0 Å². The van der Waals surface area contributed by atoms with E-state index in [9.17, 15) is 9.59 Å². The Morgan fingerprint density at radius 3 is 2.38 bits per heavy atom. The van der Waals surface area contributed by atoms with Crippen LogP contribution in [0.3, 0.4) is 0 Å². The molecule has 1 rings (SSSR count). The van der Waals surface area contributed by atoms with Crippen LogP contribution in [0.2, 0.25) is 0 Å². The highest BCUT2D eigenvalue weighted by Gasteiger charge is 2.05. The van der Waals surface area contributed by atoms with Crippen LogP contribution in [-0.2, 0) is 0 Å². The van der Waals surface area contributed by atoms with Crippen LogP contribution >= 0.6 is 0 Å². The number of hydrogen-bond donors (Lipinski definition) is 1. The zero-order valence-electron chi connectivity index (χ0n) is 7.63. The quantitative estimate of drug-likeness (QED) is 0.691. The van der Waals surface area contributed by atoms with Crippen LogP contribution < -0.4 is 5.32 Å². The van der Waals surface area contributed by atoms with Gasteiger partial charge in [0.1, 0.15) is 0 Å². The van der Waals surface area contributed by atoms with Gasteiger partial charge < -0.3 is 5.32 Å². The maximum absolute atomic E-state index is 11.2. The van der Waals surface area contributed by atoms with Gasteiger partial charge in [0.15, 0.2) is 5.78 Å². The van der Waals surface area contributed by atoms with Crippen LogP contribution in [0.5, 0.6) is 0 Å². The molecule has 1 aromatic carbocycles. The van der Waals surface area contributed by atoms with Gasteiger partial charge in [-0.05, 0) is 19.1 Å². The van der Waals surface area contributed by atoms with Gasteiger partial charge >= 0.3 is 0 Å². The van der Waals surface area contributed by atoms with Gasteiger partial charge in [-0.1, -0.05) is 12.1 Å². The second-order valence-electron chi connectivity index (χ2n) is 2.72. The molecule has 3 nitrogen and oxygen atoms in total. The summed E-state index contributed by atoms with van der Waals surface area (Å²) in [5.74, 6) is -0.214. The number of ketones is 1. The number of hydrogen-bond acceptors (Lipinski definition) is 2. The summed E-state index contributed by atoms with van der Waals surface area (Å²) in [5, 5.41) is 2.50. The van der Waals surface area contributed by atoms with E-state index in [4.69, 9.17) is 0 Å². The molecule has 0 atom stereocenters. The molecule has 1 aromatic rings. The van der Waals surface area contributed by atoms with Crippen molar-refractivity contribution >= 4 is 11.7 Å². The molecule has 0 aliphatic heterocycles. The van der Waals surface area contributed by atoms with E-state index in [1.807, 2.05) is 0 Å². The molecule has 68 valence electrons. The predicted octanol–water partition coefficient (Wildman–Crippen LogP) is 1.25. The lowest BCUT2D eigenvalue weighted by Gasteiger charge is -2.00. The van der Waals surface area contributed by atoms with Gasteiger partial charge in [-0.15, -0.1) is 0 Å². The number of amides is 1. The molecule has 0 aliphatic rings. The Bertz CT molecular complexity index is 345. The third kappa shape index (κ3) is 2.15. The summed E-state index contributed by atoms with van der Waals surface area (Å²) in [6, 6.07) is 6.64. The second-order valence-corrected chi connectivity index (χ2v) is 2.72. The molecule has 0 radical (unpaired) electrons. The summed E-state index contributed by atoms with van der Waals surface area (Å²) in [5.41, 5.74) is 1.07. The summed E-state index contributed by atoms with van der Waals surface area (Å²) in [6.45, 7) is 1.48. The number of carbonyl (C=O) groups is 2. The minimum atomic E-state index is -0.178. The van der Waals surface area contributed by atoms with Gasteiger partial charge in [0.25, 0.3) is 5.91 Å². The minimum Gasteiger partial charge on any atom is -0.355 e. The van der Waals surface area contributed by atoms with Crippen molar-refractivity contribution in [1.29, 1.82) is 0 Å². The maximum Gasteiger partial charge on any atom is 0.251 e. The molecule has 0 heterocycles. The number of benzene rings is 1. The fourth-order valence-electron chi connectivity index (χ4n) is 1.02. The molecule has 0 saturated heterocycles. The molecule has 13 heavy (non-hydrogen) atoms. The molecule has 0 fully saturated rings. The van der Waals surface area contributed by atoms with Gasteiger partial charge in [-0.25, -0.2) is 0 Å². The van der Waals surface area contributed by atoms with E-state index in [1.54, 1.807) is 31.3 Å². The summed E-state index contributed by atoms with van der Waals surface area (Å²) in [6.07, 6.45) is 0. The van der Waals surface area contributed by atoms with Crippen molar-refractivity contribution in [2.45, 2.75) is 6.92 Å². The average molecular weight is 177 g/mol. The Kier molecular flexibility index (Phi) is 2.80. The fraction of sp³-hybridized carbons (Fsp3) is 0.200. The number of nitrogens with one attached hydrogen (secondary N) is 1. The van der Waals surface area contributed by atoms with Crippen molar-refractivity contribution in [3.8, 4) is 0 Å². The molecule has 1 N–H and O–H groups in total. The number of rotatable bonds is 2. The first kappa shape index (κ1) is 9.45. The van der Waals surface area contributed by atoms with E-state index >= 15 is 0 Å². The van der Waals surface area contributed by atoms with Crippen molar-refractivity contribution in [2.75, 3.05) is 7.05 Å². The molecule has 0 unspecified atom stereocenters. The molecule has 0 aliphatic carbocycles. The van der Waals surface area contributed by atoms with Gasteiger partial charge in [-0.3, -0.25) is 9.59 Å². The smallest absolute Gasteiger partial charge is 0.251 e. The molecule has 1 amide bonds. The van der Waals surface area contributed by atoms with E-state index < -0.39 is 0 Å². The summed E-state index contributed by atoms with van der Waals surface area (Å²) in [7, 11) is 1.56. The lowest BCUT2D eigenvalue weighted by atomic mass is 10.1. The van der Waals surface area contributed by atoms with E-state index in [-0.39, 0.29) is 11.7 Å². The van der Waals surface area contributed by atoms with Gasteiger partial charge in [-0.2, -0.15) is 0 Å². The highest BCUT2D eigenvalue weighted by atomic mass is 16.1. The first-order valence-electron chi connectivity index (χ1n) is 3.98. The highest BCUT2D eigenvalue weighted by molar-refractivity contribution is 5.99. The second kappa shape index (κ2) is 3.85. The Hall–Kier alpha value is -1.64. The molecular weight excluding hydrogens is 166 g/mol. The van der Waals surface area contributed by atoms with Gasteiger partial charge in [0.2, 0.25) is 0 Å². The lowest BCUT2D eigenvalue weighted by molar-refractivity contribution is 0.0963. The Morgan fingerprint density at radius 1 is 1.23 bits per heavy atom. The third-order valence-electron chi connectivity index (χ3n) is 1.76. The first-order valence-corrected chi connectivity index (χ1v) is 3.98. The number of carbonyl (C=O) groups excluding carboxylic acids is 2. The van der Waals surface area contributed by atoms with Crippen molar-refractivity contribution in [1.82, 2.24) is 5.32 Å². The number of Topliss-reactive ketones (excluding diaryl/α,β-unsaturated/α-hetero) is 1. The van der Waals surface area contributed by atoms with Crippen LogP contribution in [0.1, 0.15) is 27.6 Å². The molecule has 0 saturated carbocycles. The van der Waals surface area contributed by atoms with E-state index in [1.165, 1.54) is 6.92 Å². The average Bonchev–Trinajstić information content (AvgIpc) is 2.17. The molecule has 0 spiro atoms. The molecule has 0 bridgehead atoms. The minimum absolute atomic E-state index is 0.0363. The van der Waals surface area contributed by atoms with Crippen LogP contribution in [0.4, 0.5) is 0 Å². The van der Waals surface area contributed by atoms with Crippen molar-refractivity contribution < 1.29 is 9.59 Å². The normalized spacial score (nSPS) is 9.38. The van der Waals surface area contributed by atoms with Crippen LogP contribution in [0.15, 0.2) is 24.3 Å². The first-order chi connectivity index (χ1) is 6.15. The zero-order chi connectivity index (χ0) is 9.84.